The lowest BCUT2D eigenvalue weighted by Gasteiger charge is -2.32. The van der Waals surface area contributed by atoms with Crippen LogP contribution in [0.5, 0.6) is 0 Å². The first-order valence-corrected chi connectivity index (χ1v) is 15.9. The number of unbranched alkanes of at least 4 members (excludes halogenated alkanes) is 3. The second-order valence-electron chi connectivity index (χ2n) is 12.4. The number of carboxylic acid groups (broad SMARTS) is 2. The van der Waals surface area contributed by atoms with Gasteiger partial charge in [-0.2, -0.15) is 0 Å². The van der Waals surface area contributed by atoms with Crippen LogP contribution in [0.3, 0.4) is 0 Å². The molecule has 1 aromatic rings. The van der Waals surface area contributed by atoms with Gasteiger partial charge in [0.1, 0.15) is 6.04 Å². The topological polar surface area (TPSA) is 203 Å². The molecule has 0 aliphatic heterocycles. The number of aliphatic carboxylic acids is 2. The Bertz CT molecular complexity index is 1140. The number of hydrogen-bond acceptors (Lipinski definition) is 7. The summed E-state index contributed by atoms with van der Waals surface area (Å²) in [7, 11) is 1.41. The summed E-state index contributed by atoms with van der Waals surface area (Å²) in [4.78, 5) is 69.6. The lowest BCUT2D eigenvalue weighted by molar-refractivity contribution is -0.151. The van der Waals surface area contributed by atoms with Gasteiger partial charge in [-0.1, -0.05) is 47.0 Å². The van der Waals surface area contributed by atoms with E-state index >= 15 is 0 Å². The van der Waals surface area contributed by atoms with Crippen LogP contribution in [-0.2, 0) is 24.0 Å². The fourth-order valence-corrected chi connectivity index (χ4v) is 4.33. The number of carbonyl (C=O) groups excluding carboxylic acids is 4. The van der Waals surface area contributed by atoms with Crippen molar-refractivity contribution < 1.29 is 39.0 Å². The second kappa shape index (κ2) is 21.6. The smallest absolute Gasteiger partial charge is 0.326 e. The van der Waals surface area contributed by atoms with E-state index in [1.165, 1.54) is 54.0 Å². The number of carboxylic acids is 2. The van der Waals surface area contributed by atoms with Crippen molar-refractivity contribution in [3.63, 3.8) is 0 Å². The Hall–Kier alpha value is -4.16. The lowest BCUT2D eigenvalue weighted by atomic mass is 9.74. The summed E-state index contributed by atoms with van der Waals surface area (Å²) in [6, 6.07) is 6.39. The minimum Gasteiger partial charge on any atom is -0.481 e. The zero-order valence-corrected chi connectivity index (χ0v) is 28.5. The van der Waals surface area contributed by atoms with Gasteiger partial charge >= 0.3 is 11.9 Å². The summed E-state index contributed by atoms with van der Waals surface area (Å²) in [5.41, 5.74) is -0.479. The molecule has 0 saturated heterocycles. The number of amides is 4. The highest BCUT2D eigenvalue weighted by Crippen LogP contribution is 2.34. The van der Waals surface area contributed by atoms with E-state index in [-0.39, 0.29) is 31.7 Å². The second-order valence-corrected chi connectivity index (χ2v) is 12.4. The highest BCUT2D eigenvalue weighted by molar-refractivity contribution is 5.94. The first-order valence-electron chi connectivity index (χ1n) is 15.9. The molecule has 4 amide bonds. The van der Waals surface area contributed by atoms with E-state index in [1.807, 2.05) is 24.3 Å². The Labute approximate surface area is 273 Å². The third-order valence-electron chi connectivity index (χ3n) is 7.14. The zero-order chi connectivity index (χ0) is 35.3. The van der Waals surface area contributed by atoms with Gasteiger partial charge in [-0.25, -0.2) is 4.79 Å². The number of rotatable bonds is 20. The van der Waals surface area contributed by atoms with Gasteiger partial charge in [0, 0.05) is 43.2 Å². The van der Waals surface area contributed by atoms with Crippen LogP contribution in [-0.4, -0.2) is 78.5 Å². The van der Waals surface area contributed by atoms with Crippen LogP contribution in [0.1, 0.15) is 103 Å². The van der Waals surface area contributed by atoms with Crippen molar-refractivity contribution in [3.05, 3.63) is 29.8 Å². The number of carbonyl (C=O) groups is 6. The molecule has 1 aromatic carbocycles. The van der Waals surface area contributed by atoms with E-state index in [1.54, 1.807) is 0 Å². The summed E-state index contributed by atoms with van der Waals surface area (Å²) in [6.45, 7) is 11.9. The van der Waals surface area contributed by atoms with Gasteiger partial charge in [-0.15, -0.1) is 0 Å². The maximum absolute atomic E-state index is 12.5. The average molecular weight is 650 g/mol. The van der Waals surface area contributed by atoms with Gasteiger partial charge in [0.05, 0.1) is 12.0 Å². The number of nitrogens with one attached hydrogen (secondary N) is 5. The molecule has 0 aliphatic rings. The van der Waals surface area contributed by atoms with Crippen LogP contribution in [0.15, 0.2) is 24.3 Å². The highest BCUT2D eigenvalue weighted by atomic mass is 16.4. The molecule has 0 aromatic heterocycles. The molecule has 0 radical (unpaired) electrons. The minimum atomic E-state index is -1.31. The van der Waals surface area contributed by atoms with E-state index in [4.69, 9.17) is 0 Å². The minimum absolute atomic E-state index is 0.000120. The molecule has 1 unspecified atom stereocenters. The molecule has 0 bridgehead atoms. The van der Waals surface area contributed by atoms with E-state index < -0.39 is 46.5 Å². The van der Waals surface area contributed by atoms with Crippen LogP contribution in [0, 0.1) is 10.8 Å². The molecule has 0 fully saturated rings. The van der Waals surface area contributed by atoms with E-state index in [9.17, 15) is 39.0 Å². The van der Waals surface area contributed by atoms with Crippen molar-refractivity contribution in [2.24, 2.45) is 10.8 Å². The predicted octanol–water partition coefficient (Wildman–Crippen LogP) is 3.54. The van der Waals surface area contributed by atoms with Crippen LogP contribution in [0.2, 0.25) is 0 Å². The molecule has 46 heavy (non-hydrogen) atoms. The Kier molecular flexibility index (Phi) is 19.6. The van der Waals surface area contributed by atoms with Crippen molar-refractivity contribution in [2.45, 2.75) is 99.0 Å². The van der Waals surface area contributed by atoms with Crippen molar-refractivity contribution in [3.8, 4) is 0 Å². The molecule has 0 heterocycles. The molecular weight excluding hydrogens is 594 g/mol. The van der Waals surface area contributed by atoms with E-state index in [0.29, 0.717) is 0 Å². The standard InChI is InChI=1S/C17H29N3O7.C16H26N2O/c1-16(2,9-17(3,4)15(26)27)14(25)20-10(13(23)24)6-7-11(21)19-8-12(22)18-5;1-3-5-7-13-17-15-10-8-14(9-11-15)16(19)18-12-6-4-2/h10H,6-9H2,1-5H3,(H,18,22)(H,19,21)(H,20,25)(H,23,24)(H,26,27);8-11,17H,3-7,12-13H2,1-2H3,(H,18,19). The van der Waals surface area contributed by atoms with Crippen LogP contribution < -0.4 is 26.6 Å². The number of anilines is 1. The molecule has 0 saturated carbocycles. The molecular formula is C33H55N5O8. The van der Waals surface area contributed by atoms with Crippen molar-refractivity contribution in [2.75, 3.05) is 32.0 Å². The van der Waals surface area contributed by atoms with Crippen molar-refractivity contribution in [1.29, 1.82) is 0 Å². The molecule has 13 nitrogen and oxygen atoms in total. The molecule has 260 valence electrons. The Balaban J connectivity index is 0.000000932. The quantitative estimate of drug-likeness (QED) is 0.103. The van der Waals surface area contributed by atoms with Gasteiger partial charge in [0.2, 0.25) is 17.7 Å². The fourth-order valence-electron chi connectivity index (χ4n) is 4.33. The molecule has 0 spiro atoms. The third-order valence-corrected chi connectivity index (χ3v) is 7.14. The van der Waals surface area contributed by atoms with Gasteiger partial charge < -0.3 is 36.8 Å². The molecule has 13 heteroatoms. The normalized spacial score (nSPS) is 11.6. The predicted molar refractivity (Wildman–Crippen MR) is 177 cm³/mol. The summed E-state index contributed by atoms with van der Waals surface area (Å²) >= 11 is 0. The van der Waals surface area contributed by atoms with Crippen molar-refractivity contribution >= 4 is 41.3 Å². The summed E-state index contributed by atoms with van der Waals surface area (Å²) in [6.07, 6.45) is 5.44. The number of hydrogen-bond donors (Lipinski definition) is 7. The first kappa shape index (κ1) is 41.8. The van der Waals surface area contributed by atoms with Crippen LogP contribution >= 0.6 is 0 Å². The van der Waals surface area contributed by atoms with Crippen molar-refractivity contribution in [1.82, 2.24) is 21.3 Å². The highest BCUT2D eigenvalue weighted by Gasteiger charge is 2.40. The van der Waals surface area contributed by atoms with Gasteiger partial charge in [-0.05, 0) is 63.8 Å². The Morgan fingerprint density at radius 3 is 1.91 bits per heavy atom. The van der Waals surface area contributed by atoms with Crippen LogP contribution in [0.4, 0.5) is 5.69 Å². The Morgan fingerprint density at radius 1 is 0.783 bits per heavy atom. The third kappa shape index (κ3) is 17.4. The SMILES string of the molecule is CCCCCNc1ccc(C(=O)NCCCC)cc1.CNC(=O)CNC(=O)CCC(NC(=O)C(C)(C)CC(C)(C)C(=O)O)C(=O)O. The first-order chi connectivity index (χ1) is 21.5. The fraction of sp³-hybridized carbons (Fsp3) is 0.636. The zero-order valence-electron chi connectivity index (χ0n) is 28.5. The lowest BCUT2D eigenvalue weighted by Crippen LogP contribution is -2.48. The Morgan fingerprint density at radius 2 is 1.39 bits per heavy atom. The molecule has 1 atom stereocenters. The largest absolute Gasteiger partial charge is 0.481 e. The monoisotopic (exact) mass is 649 g/mol. The maximum atomic E-state index is 12.5. The summed E-state index contributed by atoms with van der Waals surface area (Å²) in [5.74, 6) is -3.89. The van der Waals surface area contributed by atoms with Gasteiger partial charge in [0.25, 0.3) is 5.91 Å². The average Bonchev–Trinajstić information content (AvgIpc) is 2.99. The number of likely N-dealkylation sites (N-methyl/N-ethyl adjacent to an activating group) is 1. The van der Waals surface area contributed by atoms with E-state index in [0.717, 1.165) is 37.2 Å². The molecule has 1 rings (SSSR count). The van der Waals surface area contributed by atoms with Crippen LogP contribution in [0.25, 0.3) is 0 Å². The summed E-state index contributed by atoms with van der Waals surface area (Å²) in [5, 5.41) is 31.8. The van der Waals surface area contributed by atoms with Gasteiger partial charge in [-0.3, -0.25) is 24.0 Å². The summed E-state index contributed by atoms with van der Waals surface area (Å²) < 4.78 is 0. The van der Waals surface area contributed by atoms with E-state index in [2.05, 4.69) is 40.4 Å². The van der Waals surface area contributed by atoms with Gasteiger partial charge in [0.15, 0.2) is 0 Å². The molecule has 0 aliphatic carbocycles. The maximum Gasteiger partial charge on any atom is 0.326 e. The number of benzene rings is 1. The molecule has 7 N–H and O–H groups in total.